The number of carboxylic acid groups (broad SMARTS) is 1. The first kappa shape index (κ1) is 31.0. The van der Waals surface area contributed by atoms with E-state index in [1.165, 1.54) is 0 Å². The molecule has 0 spiro atoms. The van der Waals surface area contributed by atoms with E-state index in [9.17, 15) is 19.2 Å². The summed E-state index contributed by atoms with van der Waals surface area (Å²) in [5, 5.41) is 12.0. The first-order valence-corrected chi connectivity index (χ1v) is 12.0. The fourth-order valence-electron chi connectivity index (χ4n) is 3.13. The highest BCUT2D eigenvalue weighted by molar-refractivity contribution is 5.86. The number of aliphatic carboxylic acids is 1. The van der Waals surface area contributed by atoms with E-state index in [-0.39, 0.29) is 6.54 Å². The Bertz CT molecular complexity index is 856. The lowest BCUT2D eigenvalue weighted by molar-refractivity contribution is -0.164. The van der Waals surface area contributed by atoms with Gasteiger partial charge in [-0.05, 0) is 60.9 Å². The predicted octanol–water partition coefficient (Wildman–Crippen LogP) is 1.07. The molecule has 0 aliphatic carbocycles. The summed E-state index contributed by atoms with van der Waals surface area (Å²) in [6.07, 6.45) is 4.99. The summed E-state index contributed by atoms with van der Waals surface area (Å²) in [6.45, 7) is 10.4. The van der Waals surface area contributed by atoms with Crippen molar-refractivity contribution in [2.24, 2.45) is 5.73 Å². The van der Waals surface area contributed by atoms with E-state index in [2.05, 4.69) is 10.3 Å². The highest BCUT2D eigenvalue weighted by Gasteiger charge is 2.27. The average Bonchev–Trinajstić information content (AvgIpc) is 3.13. The Morgan fingerprint density at radius 3 is 2.11 bits per heavy atom. The van der Waals surface area contributed by atoms with Gasteiger partial charge in [0.2, 0.25) is 5.91 Å². The zero-order valence-electron chi connectivity index (χ0n) is 22.2. The number of carbonyl (C=O) groups excluding carboxylic acids is 3. The molecular weight excluding hydrogens is 470 g/mol. The van der Waals surface area contributed by atoms with Gasteiger partial charge in [0.25, 0.3) is 0 Å². The quantitative estimate of drug-likeness (QED) is 0.243. The van der Waals surface area contributed by atoms with Crippen LogP contribution in [0.2, 0.25) is 0 Å². The number of hydrogen-bond acceptors (Lipinski definition) is 9. The Kier molecular flexibility index (Phi) is 12.0. The summed E-state index contributed by atoms with van der Waals surface area (Å²) in [5.41, 5.74) is 4.02. The van der Waals surface area contributed by atoms with Crippen molar-refractivity contribution in [3.63, 3.8) is 0 Å². The second-order valence-corrected chi connectivity index (χ2v) is 10.5. The highest BCUT2D eigenvalue weighted by Crippen LogP contribution is 2.11. The van der Waals surface area contributed by atoms with Crippen LogP contribution in [0.5, 0.6) is 0 Å². The first-order valence-electron chi connectivity index (χ1n) is 12.0. The molecule has 1 atom stereocenters. The molecule has 204 valence electrons. The lowest BCUT2D eigenvalue weighted by atomic mass is 10.1. The number of unbranched alkanes of at least 4 members (excludes halogenated alkanes) is 1. The number of amides is 1. The van der Waals surface area contributed by atoms with E-state index in [1.54, 1.807) is 58.5 Å². The number of nitrogens with two attached hydrogens (primary N) is 1. The second-order valence-electron chi connectivity index (χ2n) is 10.5. The maximum absolute atomic E-state index is 13.1. The Morgan fingerprint density at radius 2 is 1.61 bits per heavy atom. The molecule has 12 nitrogen and oxygen atoms in total. The van der Waals surface area contributed by atoms with Crippen molar-refractivity contribution in [1.29, 1.82) is 0 Å². The molecule has 1 aromatic heterocycles. The molecule has 1 aromatic rings. The molecule has 0 aliphatic heterocycles. The van der Waals surface area contributed by atoms with Crippen LogP contribution < -0.4 is 11.1 Å². The molecule has 12 heteroatoms. The van der Waals surface area contributed by atoms with Gasteiger partial charge in [-0.1, -0.05) is 6.42 Å². The van der Waals surface area contributed by atoms with Gasteiger partial charge in [-0.3, -0.25) is 19.2 Å². The van der Waals surface area contributed by atoms with Gasteiger partial charge in [-0.25, -0.2) is 4.98 Å². The molecule has 4 N–H and O–H groups in total. The minimum Gasteiger partial charge on any atom is -0.480 e. The second kappa shape index (κ2) is 13.9. The van der Waals surface area contributed by atoms with Crippen molar-refractivity contribution in [2.45, 2.75) is 91.1 Å². The predicted molar refractivity (Wildman–Crippen MR) is 132 cm³/mol. The molecule has 1 rings (SSSR count). The minimum atomic E-state index is -1.01. The van der Waals surface area contributed by atoms with Gasteiger partial charge in [0.1, 0.15) is 42.7 Å². The lowest BCUT2D eigenvalue weighted by Gasteiger charge is -2.26. The van der Waals surface area contributed by atoms with Crippen LogP contribution in [0.4, 0.5) is 0 Å². The SMILES string of the molecule is CC(C)(C)OC(=O)CN(CC(=O)OC(C)(C)C)C(=O)Cn1ccnc1CNCCCC[C@H](N)C(=O)O. The molecule has 0 unspecified atom stereocenters. The van der Waals surface area contributed by atoms with E-state index in [0.29, 0.717) is 31.8 Å². The number of aromatic nitrogens is 2. The van der Waals surface area contributed by atoms with E-state index < -0.39 is 54.1 Å². The van der Waals surface area contributed by atoms with Crippen LogP contribution in [0.15, 0.2) is 12.4 Å². The van der Waals surface area contributed by atoms with Crippen LogP contribution in [0, 0.1) is 0 Å². The average molecular weight is 512 g/mol. The molecule has 1 heterocycles. The number of carboxylic acids is 1. The van der Waals surface area contributed by atoms with Gasteiger partial charge in [0, 0.05) is 12.4 Å². The Balaban J connectivity index is 2.73. The van der Waals surface area contributed by atoms with Crippen LogP contribution in [-0.4, -0.2) is 80.3 Å². The van der Waals surface area contributed by atoms with Crippen LogP contribution >= 0.6 is 0 Å². The summed E-state index contributed by atoms with van der Waals surface area (Å²) < 4.78 is 12.3. The summed E-state index contributed by atoms with van der Waals surface area (Å²) in [6, 6.07) is -0.862. The molecule has 0 fully saturated rings. The standard InChI is InChI=1S/C24H41N5O7/c1-23(2,3)35-20(31)15-29(16-21(32)36-24(4,5)6)19(30)14-28-12-11-27-18(28)13-26-10-8-7-9-17(25)22(33)34/h11-12,17,26H,7-10,13-16,25H2,1-6H3,(H,33,34)/t17-/m0/s1. The monoisotopic (exact) mass is 511 g/mol. The summed E-state index contributed by atoms with van der Waals surface area (Å²) in [4.78, 5) is 54.0. The topological polar surface area (TPSA) is 166 Å². The van der Waals surface area contributed by atoms with E-state index in [0.717, 1.165) is 11.3 Å². The van der Waals surface area contributed by atoms with E-state index >= 15 is 0 Å². The Hall–Kier alpha value is -2.99. The highest BCUT2D eigenvalue weighted by atomic mass is 16.6. The number of carbonyl (C=O) groups is 4. The Labute approximate surface area is 212 Å². The minimum absolute atomic E-state index is 0.129. The third-order valence-electron chi connectivity index (χ3n) is 4.66. The van der Waals surface area contributed by atoms with Crippen molar-refractivity contribution in [3.8, 4) is 0 Å². The number of nitrogens with zero attached hydrogens (tertiary/aromatic N) is 3. The summed E-state index contributed by atoms with van der Waals surface area (Å²) in [5.74, 6) is -2.14. The van der Waals surface area contributed by atoms with Gasteiger partial charge < -0.3 is 35.1 Å². The van der Waals surface area contributed by atoms with Gasteiger partial charge in [-0.15, -0.1) is 0 Å². The van der Waals surface area contributed by atoms with Crippen molar-refractivity contribution in [1.82, 2.24) is 19.8 Å². The third kappa shape index (κ3) is 13.2. The number of hydrogen-bond donors (Lipinski definition) is 3. The van der Waals surface area contributed by atoms with Gasteiger partial charge in [0.15, 0.2) is 0 Å². The first-order chi connectivity index (χ1) is 16.6. The van der Waals surface area contributed by atoms with Gasteiger partial charge >= 0.3 is 17.9 Å². The Morgan fingerprint density at radius 1 is 1.06 bits per heavy atom. The van der Waals surface area contributed by atoms with Gasteiger partial charge in [0.05, 0.1) is 6.54 Å². The fourth-order valence-corrected chi connectivity index (χ4v) is 3.13. The molecule has 0 aromatic carbocycles. The lowest BCUT2D eigenvalue weighted by Crippen LogP contribution is -2.44. The fraction of sp³-hybridized carbons (Fsp3) is 0.708. The number of esters is 2. The van der Waals surface area contributed by atoms with Crippen LogP contribution in [0.1, 0.15) is 66.6 Å². The molecule has 0 aliphatic rings. The van der Waals surface area contributed by atoms with Crippen molar-refractivity contribution < 1.29 is 33.8 Å². The normalized spacial score (nSPS) is 12.6. The summed E-state index contributed by atoms with van der Waals surface area (Å²) >= 11 is 0. The van der Waals surface area contributed by atoms with Crippen molar-refractivity contribution >= 4 is 23.8 Å². The number of nitrogens with one attached hydrogen (secondary N) is 1. The zero-order valence-corrected chi connectivity index (χ0v) is 22.2. The maximum atomic E-state index is 13.1. The molecule has 0 radical (unpaired) electrons. The van der Waals surface area contributed by atoms with E-state index in [4.69, 9.17) is 20.3 Å². The van der Waals surface area contributed by atoms with Crippen LogP contribution in [0.25, 0.3) is 0 Å². The van der Waals surface area contributed by atoms with Crippen LogP contribution in [0.3, 0.4) is 0 Å². The number of imidazole rings is 1. The molecule has 0 bridgehead atoms. The number of ether oxygens (including phenoxy) is 2. The van der Waals surface area contributed by atoms with Crippen molar-refractivity contribution in [2.75, 3.05) is 19.6 Å². The largest absolute Gasteiger partial charge is 0.480 e. The zero-order chi connectivity index (χ0) is 27.5. The molecule has 0 saturated heterocycles. The van der Waals surface area contributed by atoms with Crippen LogP contribution in [-0.2, 0) is 41.7 Å². The molecule has 0 saturated carbocycles. The van der Waals surface area contributed by atoms with Crippen molar-refractivity contribution in [3.05, 3.63) is 18.2 Å². The molecule has 1 amide bonds. The van der Waals surface area contributed by atoms with E-state index in [1.807, 2.05) is 0 Å². The maximum Gasteiger partial charge on any atom is 0.326 e. The number of rotatable bonds is 14. The summed E-state index contributed by atoms with van der Waals surface area (Å²) in [7, 11) is 0. The third-order valence-corrected chi connectivity index (χ3v) is 4.66. The molecular formula is C24H41N5O7. The molecule has 36 heavy (non-hydrogen) atoms. The van der Waals surface area contributed by atoms with Gasteiger partial charge in [-0.2, -0.15) is 0 Å². The smallest absolute Gasteiger partial charge is 0.326 e.